The number of aromatic hydroxyl groups is 1. The summed E-state index contributed by atoms with van der Waals surface area (Å²) in [6.45, 7) is 1.90. The first-order valence-corrected chi connectivity index (χ1v) is 10.3. The number of methoxy groups -OCH3 is 1. The summed E-state index contributed by atoms with van der Waals surface area (Å²) in [5, 5.41) is 9.75. The van der Waals surface area contributed by atoms with E-state index in [-0.39, 0.29) is 10.6 Å². The first-order chi connectivity index (χ1) is 13.9. The number of rotatable bonds is 5. The number of hydrogen-bond acceptors (Lipinski definition) is 5. The number of nitrogens with zero attached hydrogens (tertiary/aromatic N) is 1. The molecule has 7 nitrogen and oxygen atoms in total. The normalized spacial score (nSPS) is 11.5. The molecule has 4 rings (SSSR count). The van der Waals surface area contributed by atoms with Crippen LogP contribution in [0.3, 0.4) is 0 Å². The van der Waals surface area contributed by atoms with Crippen LogP contribution in [0, 0.1) is 6.92 Å². The third kappa shape index (κ3) is 3.74. The lowest BCUT2D eigenvalue weighted by Crippen LogP contribution is -2.12. The Morgan fingerprint density at radius 3 is 2.52 bits per heavy atom. The fourth-order valence-electron chi connectivity index (χ4n) is 2.97. The smallest absolute Gasteiger partial charge is 0.261 e. The molecule has 3 N–H and O–H groups in total. The van der Waals surface area contributed by atoms with E-state index >= 15 is 0 Å². The molecule has 0 aliphatic rings. The lowest BCUT2D eigenvalue weighted by Gasteiger charge is -2.08. The van der Waals surface area contributed by atoms with Crippen LogP contribution < -0.4 is 9.46 Å². The standard InChI is InChI=1S/C21H19N3O4S/c1-13-3-7-16(8-4-13)29(26,27)24-15-6-9-17-18(12-15)23-21(22-17)14-5-10-19(25)20(11-14)28-2/h3-12,24-25H,1-2H3,(H,22,23). The van der Waals surface area contributed by atoms with Gasteiger partial charge in [0, 0.05) is 5.56 Å². The van der Waals surface area contributed by atoms with Gasteiger partial charge in [-0.1, -0.05) is 17.7 Å². The predicted molar refractivity (Wildman–Crippen MR) is 112 cm³/mol. The molecule has 0 bridgehead atoms. The van der Waals surface area contributed by atoms with Crippen molar-refractivity contribution in [1.29, 1.82) is 0 Å². The van der Waals surface area contributed by atoms with Gasteiger partial charge >= 0.3 is 0 Å². The molecule has 0 saturated carbocycles. The summed E-state index contributed by atoms with van der Waals surface area (Å²) >= 11 is 0. The number of nitrogens with one attached hydrogen (secondary N) is 2. The van der Waals surface area contributed by atoms with Crippen LogP contribution in [-0.2, 0) is 10.0 Å². The van der Waals surface area contributed by atoms with Crippen LogP contribution in [0.5, 0.6) is 11.5 Å². The Labute approximate surface area is 168 Å². The summed E-state index contributed by atoms with van der Waals surface area (Å²) in [4.78, 5) is 7.90. The second kappa shape index (κ2) is 7.14. The van der Waals surface area contributed by atoms with Gasteiger partial charge < -0.3 is 14.8 Å². The van der Waals surface area contributed by atoms with Crippen LogP contribution >= 0.6 is 0 Å². The van der Waals surface area contributed by atoms with Crippen molar-refractivity contribution in [3.05, 3.63) is 66.2 Å². The highest BCUT2D eigenvalue weighted by Crippen LogP contribution is 2.31. The average Bonchev–Trinajstić information content (AvgIpc) is 3.11. The Bertz CT molecular complexity index is 1300. The fraction of sp³-hybridized carbons (Fsp3) is 0.0952. The number of phenolic OH excluding ortho intramolecular Hbond substituents is 1. The van der Waals surface area contributed by atoms with Crippen LogP contribution in [0.2, 0.25) is 0 Å². The lowest BCUT2D eigenvalue weighted by molar-refractivity contribution is 0.373. The number of anilines is 1. The molecule has 148 valence electrons. The number of imidazole rings is 1. The molecular weight excluding hydrogens is 390 g/mol. The second-order valence-electron chi connectivity index (χ2n) is 6.62. The maximum absolute atomic E-state index is 12.6. The number of fused-ring (bicyclic) bond motifs is 1. The van der Waals surface area contributed by atoms with E-state index in [0.717, 1.165) is 11.1 Å². The van der Waals surface area contributed by atoms with Crippen molar-refractivity contribution >= 4 is 26.7 Å². The van der Waals surface area contributed by atoms with Crippen molar-refractivity contribution < 1.29 is 18.3 Å². The van der Waals surface area contributed by atoms with Crippen molar-refractivity contribution in [3.8, 4) is 22.9 Å². The molecule has 0 fully saturated rings. The van der Waals surface area contributed by atoms with Crippen LogP contribution in [0.15, 0.2) is 65.6 Å². The van der Waals surface area contributed by atoms with E-state index in [9.17, 15) is 13.5 Å². The van der Waals surface area contributed by atoms with Crippen LogP contribution in [-0.4, -0.2) is 30.6 Å². The van der Waals surface area contributed by atoms with Gasteiger partial charge in [0.15, 0.2) is 11.5 Å². The van der Waals surface area contributed by atoms with E-state index in [0.29, 0.717) is 28.3 Å². The van der Waals surface area contributed by atoms with Crippen LogP contribution in [0.4, 0.5) is 5.69 Å². The lowest BCUT2D eigenvalue weighted by atomic mass is 10.2. The molecular formula is C21H19N3O4S. The predicted octanol–water partition coefficient (Wildman–Crippen LogP) is 4.05. The van der Waals surface area contributed by atoms with Crippen molar-refractivity contribution in [1.82, 2.24) is 9.97 Å². The quantitative estimate of drug-likeness (QED) is 0.461. The van der Waals surface area contributed by atoms with E-state index in [1.54, 1.807) is 54.6 Å². The van der Waals surface area contributed by atoms with E-state index in [4.69, 9.17) is 4.74 Å². The molecule has 0 atom stereocenters. The molecule has 4 aromatic rings. The molecule has 0 spiro atoms. The summed E-state index contributed by atoms with van der Waals surface area (Å²) in [6, 6.07) is 16.7. The monoisotopic (exact) mass is 409 g/mol. The molecule has 0 unspecified atom stereocenters. The van der Waals surface area contributed by atoms with Crippen molar-refractivity contribution in [2.45, 2.75) is 11.8 Å². The Kier molecular flexibility index (Phi) is 4.63. The van der Waals surface area contributed by atoms with Crippen LogP contribution in [0.25, 0.3) is 22.4 Å². The number of H-pyrrole nitrogens is 1. The van der Waals surface area contributed by atoms with Crippen molar-refractivity contribution in [2.24, 2.45) is 0 Å². The zero-order valence-electron chi connectivity index (χ0n) is 15.8. The highest BCUT2D eigenvalue weighted by atomic mass is 32.2. The first kappa shape index (κ1) is 18.8. The number of aryl methyl sites for hydroxylation is 1. The minimum atomic E-state index is -3.69. The zero-order chi connectivity index (χ0) is 20.6. The molecule has 0 radical (unpaired) electrons. The summed E-state index contributed by atoms with van der Waals surface area (Å²) in [5.74, 6) is 0.964. The van der Waals surface area contributed by atoms with Gasteiger partial charge in [0.1, 0.15) is 5.82 Å². The van der Waals surface area contributed by atoms with Crippen molar-refractivity contribution in [3.63, 3.8) is 0 Å². The molecule has 1 heterocycles. The number of sulfonamides is 1. The van der Waals surface area contributed by atoms with E-state index in [2.05, 4.69) is 14.7 Å². The first-order valence-electron chi connectivity index (χ1n) is 8.82. The van der Waals surface area contributed by atoms with Gasteiger partial charge in [0.05, 0.1) is 28.7 Å². The molecule has 1 aromatic heterocycles. The van der Waals surface area contributed by atoms with Gasteiger partial charge in [0.2, 0.25) is 0 Å². The molecule has 0 aliphatic carbocycles. The zero-order valence-corrected chi connectivity index (χ0v) is 16.6. The number of aromatic nitrogens is 2. The molecule has 0 amide bonds. The average molecular weight is 409 g/mol. The van der Waals surface area contributed by atoms with Gasteiger partial charge in [-0.25, -0.2) is 13.4 Å². The highest BCUT2D eigenvalue weighted by molar-refractivity contribution is 7.92. The van der Waals surface area contributed by atoms with Gasteiger partial charge in [-0.2, -0.15) is 0 Å². The van der Waals surface area contributed by atoms with Crippen molar-refractivity contribution in [2.75, 3.05) is 11.8 Å². The number of ether oxygens (including phenoxy) is 1. The Balaban J connectivity index is 1.66. The second-order valence-corrected chi connectivity index (χ2v) is 8.30. The van der Waals surface area contributed by atoms with Gasteiger partial charge in [-0.05, 0) is 55.5 Å². The summed E-state index contributed by atoms with van der Waals surface area (Å²) in [7, 11) is -2.21. The molecule has 0 aliphatic heterocycles. The molecule has 29 heavy (non-hydrogen) atoms. The maximum Gasteiger partial charge on any atom is 0.261 e. The largest absolute Gasteiger partial charge is 0.504 e. The van der Waals surface area contributed by atoms with E-state index in [1.165, 1.54) is 13.2 Å². The van der Waals surface area contributed by atoms with Crippen LogP contribution in [0.1, 0.15) is 5.56 Å². The van der Waals surface area contributed by atoms with E-state index < -0.39 is 10.0 Å². The van der Waals surface area contributed by atoms with E-state index in [1.807, 2.05) is 6.92 Å². The molecule has 0 saturated heterocycles. The Hall–Kier alpha value is -3.52. The number of phenols is 1. The fourth-order valence-corrected chi connectivity index (χ4v) is 4.02. The van der Waals surface area contributed by atoms with Gasteiger partial charge in [0.25, 0.3) is 10.0 Å². The number of benzene rings is 3. The molecule has 3 aromatic carbocycles. The highest BCUT2D eigenvalue weighted by Gasteiger charge is 2.15. The van der Waals surface area contributed by atoms with Gasteiger partial charge in [-0.3, -0.25) is 4.72 Å². The topological polar surface area (TPSA) is 104 Å². The minimum absolute atomic E-state index is 0.0418. The Morgan fingerprint density at radius 2 is 1.79 bits per heavy atom. The maximum atomic E-state index is 12.6. The summed E-state index contributed by atoms with van der Waals surface area (Å²) in [6.07, 6.45) is 0. The van der Waals surface area contributed by atoms with Gasteiger partial charge in [-0.15, -0.1) is 0 Å². The summed E-state index contributed by atoms with van der Waals surface area (Å²) < 4.78 is 32.9. The third-order valence-corrected chi connectivity index (χ3v) is 5.92. The SMILES string of the molecule is COc1cc(-c2nc3ccc(NS(=O)(=O)c4ccc(C)cc4)cc3[nH]2)ccc1O. The molecule has 8 heteroatoms. The Morgan fingerprint density at radius 1 is 1.03 bits per heavy atom. The third-order valence-electron chi connectivity index (χ3n) is 4.52. The number of aromatic amines is 1. The summed E-state index contributed by atoms with van der Waals surface area (Å²) in [5.41, 5.74) is 3.51. The minimum Gasteiger partial charge on any atom is -0.504 e. The number of hydrogen-bond donors (Lipinski definition) is 3.